The number of nitrogens with one attached hydrogen (secondary N) is 1. The monoisotopic (exact) mass is 308 g/mol. The van der Waals surface area contributed by atoms with Crippen LogP contribution >= 0.6 is 0 Å². The van der Waals surface area contributed by atoms with Crippen LogP contribution in [0.15, 0.2) is 61.2 Å². The number of nitrogens with zero attached hydrogens (tertiary/aromatic N) is 3. The average Bonchev–Trinajstić information content (AvgIpc) is 3.08. The maximum absolute atomic E-state index is 12.1. The smallest absolute Gasteiger partial charge is 0.251 e. The number of hydrogen-bond acceptors (Lipinski definition) is 4. The number of benzene rings is 2. The van der Waals surface area contributed by atoms with Gasteiger partial charge in [0.1, 0.15) is 18.4 Å². The molecule has 6 heteroatoms. The Morgan fingerprint density at radius 2 is 1.74 bits per heavy atom. The van der Waals surface area contributed by atoms with Gasteiger partial charge in [-0.25, -0.2) is 9.67 Å². The first-order valence-corrected chi connectivity index (χ1v) is 7.18. The third kappa shape index (κ3) is 3.94. The summed E-state index contributed by atoms with van der Waals surface area (Å²) in [6.45, 7) is 1.04. The van der Waals surface area contributed by atoms with Gasteiger partial charge in [0.15, 0.2) is 0 Å². The Hall–Kier alpha value is -3.15. The van der Waals surface area contributed by atoms with Crippen LogP contribution in [-0.4, -0.2) is 25.8 Å². The molecule has 2 aromatic carbocycles. The summed E-state index contributed by atoms with van der Waals surface area (Å²) in [6.07, 6.45) is 3.14. The highest BCUT2D eigenvalue weighted by Gasteiger charge is 2.05. The highest BCUT2D eigenvalue weighted by atomic mass is 16.3. The third-order valence-corrected chi connectivity index (χ3v) is 3.42. The van der Waals surface area contributed by atoms with E-state index in [1.165, 1.54) is 6.33 Å². The van der Waals surface area contributed by atoms with Crippen LogP contribution in [0.2, 0.25) is 0 Å². The van der Waals surface area contributed by atoms with Crippen molar-refractivity contribution in [1.82, 2.24) is 20.1 Å². The highest BCUT2D eigenvalue weighted by molar-refractivity contribution is 5.94. The minimum atomic E-state index is -0.134. The summed E-state index contributed by atoms with van der Waals surface area (Å²) in [5.41, 5.74) is 2.58. The molecule has 0 atom stereocenters. The van der Waals surface area contributed by atoms with Crippen LogP contribution in [0.5, 0.6) is 5.75 Å². The lowest BCUT2D eigenvalue weighted by molar-refractivity contribution is 0.0951. The SMILES string of the molecule is O=C(NCc1ccc(O)cc1)c1ccc(Cn2cncn2)cc1. The van der Waals surface area contributed by atoms with Crippen molar-refractivity contribution in [3.8, 4) is 5.75 Å². The van der Waals surface area contributed by atoms with E-state index in [4.69, 9.17) is 0 Å². The molecule has 1 aromatic heterocycles. The molecule has 0 unspecified atom stereocenters. The van der Waals surface area contributed by atoms with Crippen LogP contribution in [0.25, 0.3) is 0 Å². The molecule has 116 valence electrons. The maximum Gasteiger partial charge on any atom is 0.251 e. The molecule has 0 bridgehead atoms. The topological polar surface area (TPSA) is 80.0 Å². The molecule has 0 saturated heterocycles. The first-order valence-electron chi connectivity index (χ1n) is 7.18. The molecule has 0 spiro atoms. The number of aromatic nitrogens is 3. The summed E-state index contributed by atoms with van der Waals surface area (Å²) >= 11 is 0. The van der Waals surface area contributed by atoms with Crippen molar-refractivity contribution in [2.45, 2.75) is 13.1 Å². The summed E-state index contributed by atoms with van der Waals surface area (Å²) < 4.78 is 1.72. The number of amides is 1. The highest BCUT2D eigenvalue weighted by Crippen LogP contribution is 2.10. The van der Waals surface area contributed by atoms with Crippen LogP contribution in [0.3, 0.4) is 0 Å². The van der Waals surface area contributed by atoms with Gasteiger partial charge in [-0.2, -0.15) is 5.10 Å². The molecule has 0 aliphatic carbocycles. The van der Waals surface area contributed by atoms with Gasteiger partial charge in [-0.05, 0) is 35.4 Å². The van der Waals surface area contributed by atoms with Crippen molar-refractivity contribution in [2.75, 3.05) is 0 Å². The summed E-state index contributed by atoms with van der Waals surface area (Å²) in [7, 11) is 0. The molecular formula is C17H16N4O2. The predicted octanol–water partition coefficient (Wildman–Crippen LogP) is 1.96. The third-order valence-electron chi connectivity index (χ3n) is 3.42. The first kappa shape index (κ1) is 14.8. The molecule has 1 heterocycles. The van der Waals surface area contributed by atoms with Crippen LogP contribution in [0, 0.1) is 0 Å². The minimum absolute atomic E-state index is 0.134. The van der Waals surface area contributed by atoms with E-state index in [0.717, 1.165) is 11.1 Å². The molecular weight excluding hydrogens is 292 g/mol. The zero-order chi connectivity index (χ0) is 16.1. The number of phenols is 1. The molecule has 3 aromatic rings. The number of carbonyl (C=O) groups is 1. The fourth-order valence-corrected chi connectivity index (χ4v) is 2.16. The van der Waals surface area contributed by atoms with Crippen molar-refractivity contribution in [3.63, 3.8) is 0 Å². The van der Waals surface area contributed by atoms with Gasteiger partial charge >= 0.3 is 0 Å². The van der Waals surface area contributed by atoms with E-state index in [0.29, 0.717) is 18.7 Å². The van der Waals surface area contributed by atoms with Gasteiger partial charge in [-0.1, -0.05) is 24.3 Å². The molecule has 0 radical (unpaired) electrons. The van der Waals surface area contributed by atoms with E-state index >= 15 is 0 Å². The van der Waals surface area contributed by atoms with Gasteiger partial charge in [-0.15, -0.1) is 0 Å². The van der Waals surface area contributed by atoms with Gasteiger partial charge in [0.2, 0.25) is 0 Å². The van der Waals surface area contributed by atoms with E-state index in [1.807, 2.05) is 12.1 Å². The Kier molecular flexibility index (Phi) is 4.33. The maximum atomic E-state index is 12.1. The van der Waals surface area contributed by atoms with Crippen LogP contribution < -0.4 is 5.32 Å². The van der Waals surface area contributed by atoms with E-state index in [1.54, 1.807) is 47.4 Å². The normalized spacial score (nSPS) is 10.4. The quantitative estimate of drug-likeness (QED) is 0.755. The lowest BCUT2D eigenvalue weighted by Crippen LogP contribution is -2.22. The van der Waals surface area contributed by atoms with Crippen molar-refractivity contribution in [1.29, 1.82) is 0 Å². The van der Waals surface area contributed by atoms with Gasteiger partial charge in [-0.3, -0.25) is 4.79 Å². The molecule has 0 saturated carbocycles. The van der Waals surface area contributed by atoms with Crippen LogP contribution in [0.4, 0.5) is 0 Å². The summed E-state index contributed by atoms with van der Waals surface area (Å²) in [4.78, 5) is 16.0. The average molecular weight is 308 g/mol. The zero-order valence-electron chi connectivity index (χ0n) is 12.4. The minimum Gasteiger partial charge on any atom is -0.508 e. The Morgan fingerprint density at radius 3 is 2.39 bits per heavy atom. The Bertz CT molecular complexity index is 765. The van der Waals surface area contributed by atoms with Crippen molar-refractivity contribution in [2.24, 2.45) is 0 Å². The molecule has 3 rings (SSSR count). The van der Waals surface area contributed by atoms with E-state index in [9.17, 15) is 9.90 Å². The summed E-state index contributed by atoms with van der Waals surface area (Å²) in [6, 6.07) is 14.1. The van der Waals surface area contributed by atoms with Gasteiger partial charge < -0.3 is 10.4 Å². The molecule has 2 N–H and O–H groups in total. The fraction of sp³-hybridized carbons (Fsp3) is 0.118. The standard InChI is InChI=1S/C17H16N4O2/c22-16-7-3-13(4-8-16)9-19-17(23)15-5-1-14(2-6-15)10-21-12-18-11-20-21/h1-8,11-12,22H,9-10H2,(H,19,23). The summed E-state index contributed by atoms with van der Waals surface area (Å²) in [5, 5.41) is 16.1. The number of phenolic OH excluding ortho intramolecular Hbond substituents is 1. The first-order chi connectivity index (χ1) is 11.2. The number of rotatable bonds is 5. The Balaban J connectivity index is 1.58. The van der Waals surface area contributed by atoms with E-state index in [-0.39, 0.29) is 11.7 Å². The summed E-state index contributed by atoms with van der Waals surface area (Å²) in [5.74, 6) is 0.0772. The van der Waals surface area contributed by atoms with E-state index in [2.05, 4.69) is 15.4 Å². The van der Waals surface area contributed by atoms with Gasteiger partial charge in [0.25, 0.3) is 5.91 Å². The second-order valence-corrected chi connectivity index (χ2v) is 5.14. The van der Waals surface area contributed by atoms with Crippen LogP contribution in [0.1, 0.15) is 21.5 Å². The van der Waals surface area contributed by atoms with Gasteiger partial charge in [0.05, 0.1) is 6.54 Å². The molecule has 0 aliphatic rings. The number of hydrogen-bond donors (Lipinski definition) is 2. The molecule has 0 fully saturated rings. The number of aromatic hydroxyl groups is 1. The second-order valence-electron chi connectivity index (χ2n) is 5.14. The lowest BCUT2D eigenvalue weighted by Gasteiger charge is -2.07. The molecule has 0 aliphatic heterocycles. The molecule has 23 heavy (non-hydrogen) atoms. The number of carbonyl (C=O) groups excluding carboxylic acids is 1. The predicted molar refractivity (Wildman–Crippen MR) is 84.8 cm³/mol. The molecule has 1 amide bonds. The van der Waals surface area contributed by atoms with Gasteiger partial charge in [0, 0.05) is 12.1 Å². The van der Waals surface area contributed by atoms with E-state index < -0.39 is 0 Å². The lowest BCUT2D eigenvalue weighted by atomic mass is 10.1. The second kappa shape index (κ2) is 6.74. The largest absolute Gasteiger partial charge is 0.508 e. The van der Waals surface area contributed by atoms with Crippen LogP contribution in [-0.2, 0) is 13.1 Å². The Morgan fingerprint density at radius 1 is 1.04 bits per heavy atom. The zero-order valence-corrected chi connectivity index (χ0v) is 12.4. The van der Waals surface area contributed by atoms with Crippen molar-refractivity contribution < 1.29 is 9.90 Å². The molecule has 6 nitrogen and oxygen atoms in total. The van der Waals surface area contributed by atoms with Crippen molar-refractivity contribution >= 4 is 5.91 Å². The van der Waals surface area contributed by atoms with Crippen molar-refractivity contribution in [3.05, 3.63) is 77.9 Å². The fourth-order valence-electron chi connectivity index (χ4n) is 2.16. The Labute approximate surface area is 133 Å².